The minimum Gasteiger partial charge on any atom is -0.372 e. The maximum absolute atomic E-state index is 14.0. The lowest BCUT2D eigenvalue weighted by Gasteiger charge is -2.23. The summed E-state index contributed by atoms with van der Waals surface area (Å²) in [6, 6.07) is 4.72. The summed E-state index contributed by atoms with van der Waals surface area (Å²) in [6.45, 7) is 4.48. The molecule has 1 unspecified atom stereocenters. The van der Waals surface area contributed by atoms with Crippen molar-refractivity contribution in [1.29, 1.82) is 0 Å². The number of hydrogen-bond donors (Lipinski definition) is 0. The molecule has 1 atom stereocenters. The number of likely N-dealkylation sites (tertiary alicyclic amines) is 1. The Labute approximate surface area is 114 Å². The highest BCUT2D eigenvalue weighted by Gasteiger charge is 2.21. The average Bonchev–Trinajstić information content (AvgIpc) is 2.74. The summed E-state index contributed by atoms with van der Waals surface area (Å²) in [5, 5.41) is 0. The molecule has 1 aromatic rings. The molecule has 0 amide bonds. The van der Waals surface area contributed by atoms with Gasteiger partial charge in [0, 0.05) is 25.7 Å². The number of carbonyl (C=O) groups excluding carboxylic acids is 1. The van der Waals surface area contributed by atoms with Crippen LogP contribution in [0.3, 0.4) is 0 Å². The summed E-state index contributed by atoms with van der Waals surface area (Å²) in [5.74, 6) is 0.161. The van der Waals surface area contributed by atoms with Gasteiger partial charge in [0.2, 0.25) is 0 Å². The normalized spacial score (nSPS) is 19.7. The van der Waals surface area contributed by atoms with Crippen molar-refractivity contribution >= 4 is 11.5 Å². The lowest BCUT2D eigenvalue weighted by molar-refractivity contribution is 0.101. The van der Waals surface area contributed by atoms with Crippen LogP contribution in [0.2, 0.25) is 0 Å². The minimum absolute atomic E-state index is 0.106. The van der Waals surface area contributed by atoms with E-state index in [9.17, 15) is 9.18 Å². The van der Waals surface area contributed by atoms with Gasteiger partial charge in [-0.15, -0.1) is 0 Å². The number of ketones is 1. The van der Waals surface area contributed by atoms with Crippen molar-refractivity contribution < 1.29 is 9.18 Å². The molecule has 1 heterocycles. The first-order valence-corrected chi connectivity index (χ1v) is 6.67. The van der Waals surface area contributed by atoms with E-state index in [0.717, 1.165) is 26.1 Å². The number of carbonyl (C=O) groups is 1. The summed E-state index contributed by atoms with van der Waals surface area (Å²) >= 11 is 0. The second-order valence-electron chi connectivity index (χ2n) is 5.52. The number of rotatable bonds is 4. The number of benzene rings is 1. The molecule has 1 fully saturated rings. The predicted octanol–water partition coefficient (Wildman–Crippen LogP) is 2.42. The number of Topliss-reactive ketones (excluding diaryl/α,β-unsaturated/α-hetero) is 1. The molecule has 0 saturated carbocycles. The van der Waals surface area contributed by atoms with E-state index in [1.807, 2.05) is 11.9 Å². The Bertz CT molecular complexity index is 475. The van der Waals surface area contributed by atoms with Gasteiger partial charge >= 0.3 is 0 Å². The Hall–Kier alpha value is -1.42. The highest BCUT2D eigenvalue weighted by molar-refractivity contribution is 5.94. The maximum atomic E-state index is 14.0. The molecule has 2 rings (SSSR count). The summed E-state index contributed by atoms with van der Waals surface area (Å²) in [7, 11) is 4.02. The number of hydrogen-bond acceptors (Lipinski definition) is 3. The van der Waals surface area contributed by atoms with E-state index in [-0.39, 0.29) is 11.6 Å². The lowest BCUT2D eigenvalue weighted by atomic mass is 10.1. The molecule has 0 bridgehead atoms. The smallest absolute Gasteiger partial charge is 0.159 e. The van der Waals surface area contributed by atoms with Gasteiger partial charge < -0.3 is 9.80 Å². The highest BCUT2D eigenvalue weighted by Crippen LogP contribution is 2.23. The van der Waals surface area contributed by atoms with Crippen molar-refractivity contribution in [2.45, 2.75) is 13.3 Å². The third kappa shape index (κ3) is 3.32. The van der Waals surface area contributed by atoms with Crippen LogP contribution in [0.25, 0.3) is 0 Å². The largest absolute Gasteiger partial charge is 0.372 e. The van der Waals surface area contributed by atoms with Crippen LogP contribution in [0, 0.1) is 11.7 Å². The monoisotopic (exact) mass is 264 g/mol. The molecule has 1 aromatic carbocycles. The van der Waals surface area contributed by atoms with Gasteiger partial charge in [0.25, 0.3) is 0 Å². The Kier molecular flexibility index (Phi) is 4.20. The van der Waals surface area contributed by atoms with Gasteiger partial charge in [0.1, 0.15) is 5.82 Å². The molecule has 1 aliphatic heterocycles. The van der Waals surface area contributed by atoms with Crippen LogP contribution in [0.1, 0.15) is 23.7 Å². The van der Waals surface area contributed by atoms with E-state index in [1.165, 1.54) is 13.0 Å². The molecule has 19 heavy (non-hydrogen) atoms. The van der Waals surface area contributed by atoms with Gasteiger partial charge in [-0.3, -0.25) is 4.79 Å². The predicted molar refractivity (Wildman–Crippen MR) is 75.3 cm³/mol. The van der Waals surface area contributed by atoms with E-state index in [0.29, 0.717) is 17.2 Å². The van der Waals surface area contributed by atoms with Crippen molar-refractivity contribution in [1.82, 2.24) is 4.90 Å². The quantitative estimate of drug-likeness (QED) is 0.780. The first-order chi connectivity index (χ1) is 8.97. The standard InChI is InChI=1S/C15H21FN2O/c1-11(19)13-4-5-15(14(16)8-13)18(3)10-12-6-7-17(2)9-12/h4-5,8,12H,6-7,9-10H2,1-3H3. The zero-order valence-electron chi connectivity index (χ0n) is 11.8. The summed E-state index contributed by atoms with van der Waals surface area (Å²) in [6.07, 6.45) is 1.16. The number of anilines is 1. The fraction of sp³-hybridized carbons (Fsp3) is 0.533. The van der Waals surface area contributed by atoms with E-state index in [1.54, 1.807) is 12.1 Å². The first-order valence-electron chi connectivity index (χ1n) is 6.67. The zero-order chi connectivity index (χ0) is 14.0. The fourth-order valence-electron chi connectivity index (χ4n) is 2.70. The third-order valence-corrected chi connectivity index (χ3v) is 3.79. The lowest BCUT2D eigenvalue weighted by Crippen LogP contribution is -2.27. The molecule has 0 N–H and O–H groups in total. The average molecular weight is 264 g/mol. The molecule has 3 nitrogen and oxygen atoms in total. The number of halogens is 1. The van der Waals surface area contributed by atoms with Crippen LogP contribution < -0.4 is 4.90 Å². The van der Waals surface area contributed by atoms with Gasteiger partial charge in [0.05, 0.1) is 5.69 Å². The Morgan fingerprint density at radius 1 is 1.53 bits per heavy atom. The summed E-state index contributed by atoms with van der Waals surface area (Å²) < 4.78 is 14.0. The molecule has 4 heteroatoms. The Balaban J connectivity index is 2.06. The van der Waals surface area contributed by atoms with Crippen molar-refractivity contribution in [3.05, 3.63) is 29.6 Å². The van der Waals surface area contributed by atoms with Crippen LogP contribution in [-0.2, 0) is 0 Å². The van der Waals surface area contributed by atoms with Crippen LogP contribution in [0.5, 0.6) is 0 Å². The maximum Gasteiger partial charge on any atom is 0.159 e. The second-order valence-corrected chi connectivity index (χ2v) is 5.52. The minimum atomic E-state index is -0.318. The van der Waals surface area contributed by atoms with Crippen LogP contribution >= 0.6 is 0 Å². The Morgan fingerprint density at radius 2 is 2.26 bits per heavy atom. The van der Waals surface area contributed by atoms with E-state index in [4.69, 9.17) is 0 Å². The van der Waals surface area contributed by atoms with Crippen molar-refractivity contribution in [3.63, 3.8) is 0 Å². The number of nitrogens with zero attached hydrogens (tertiary/aromatic N) is 2. The molecule has 0 aromatic heterocycles. The van der Waals surface area contributed by atoms with Crippen LogP contribution in [0.4, 0.5) is 10.1 Å². The van der Waals surface area contributed by atoms with Crippen molar-refractivity contribution in [2.75, 3.05) is 38.6 Å². The topological polar surface area (TPSA) is 23.6 Å². The molecule has 0 radical (unpaired) electrons. The summed E-state index contributed by atoms with van der Waals surface area (Å²) in [4.78, 5) is 15.5. The zero-order valence-corrected chi connectivity index (χ0v) is 11.8. The van der Waals surface area contributed by atoms with Gasteiger partial charge in [0.15, 0.2) is 5.78 Å². The van der Waals surface area contributed by atoms with Crippen molar-refractivity contribution in [3.8, 4) is 0 Å². The molecule has 0 spiro atoms. The van der Waals surface area contributed by atoms with E-state index in [2.05, 4.69) is 11.9 Å². The van der Waals surface area contributed by atoms with E-state index >= 15 is 0 Å². The molecular formula is C15H21FN2O. The Morgan fingerprint density at radius 3 is 2.79 bits per heavy atom. The first kappa shape index (κ1) is 14.0. The molecular weight excluding hydrogens is 243 g/mol. The van der Waals surface area contributed by atoms with Gasteiger partial charge in [-0.2, -0.15) is 0 Å². The van der Waals surface area contributed by atoms with Crippen molar-refractivity contribution in [2.24, 2.45) is 5.92 Å². The summed E-state index contributed by atoms with van der Waals surface area (Å²) in [5.41, 5.74) is 0.995. The molecule has 1 aliphatic rings. The van der Waals surface area contributed by atoms with Gasteiger partial charge in [-0.1, -0.05) is 0 Å². The highest BCUT2D eigenvalue weighted by atomic mass is 19.1. The van der Waals surface area contributed by atoms with Crippen LogP contribution in [0.15, 0.2) is 18.2 Å². The second kappa shape index (κ2) is 5.70. The molecule has 1 saturated heterocycles. The SMILES string of the molecule is CC(=O)c1ccc(N(C)CC2CCN(C)C2)c(F)c1. The van der Waals surface area contributed by atoms with E-state index < -0.39 is 0 Å². The van der Waals surface area contributed by atoms with Gasteiger partial charge in [-0.05, 0) is 51.1 Å². The third-order valence-electron chi connectivity index (χ3n) is 3.79. The molecule has 104 valence electrons. The fourth-order valence-corrected chi connectivity index (χ4v) is 2.70. The molecule has 0 aliphatic carbocycles. The van der Waals surface area contributed by atoms with Crippen LogP contribution in [-0.4, -0.2) is 44.4 Å². The van der Waals surface area contributed by atoms with Gasteiger partial charge in [-0.25, -0.2) is 4.39 Å².